The summed E-state index contributed by atoms with van der Waals surface area (Å²) in [6.07, 6.45) is -10.2. The molecule has 0 heterocycles. The molecule has 7 nitrogen and oxygen atoms in total. The number of esters is 1. The van der Waals surface area contributed by atoms with Gasteiger partial charge in [0.1, 0.15) is 23.2 Å². The molecule has 4 aromatic carbocycles. The van der Waals surface area contributed by atoms with E-state index in [1.807, 2.05) is 0 Å². The van der Waals surface area contributed by atoms with Crippen LogP contribution in [0.15, 0.2) is 91.0 Å². The molecule has 230 valence electrons. The Labute approximate surface area is 247 Å². The topological polar surface area (TPSA) is 85.9 Å². The molecule has 2 amide bonds. The van der Waals surface area contributed by atoms with Crippen molar-refractivity contribution in [3.63, 3.8) is 0 Å². The molecule has 1 atom stereocenters. The molecule has 0 saturated carbocycles. The third-order valence-corrected chi connectivity index (χ3v) is 6.29. The van der Waals surface area contributed by atoms with E-state index in [1.165, 1.54) is 36.4 Å². The molecular weight excluding hydrogens is 594 g/mol. The Morgan fingerprint density at radius 3 is 1.80 bits per heavy atom. The average molecular weight is 619 g/mol. The first-order chi connectivity index (χ1) is 20.8. The lowest BCUT2D eigenvalue weighted by Gasteiger charge is -2.22. The molecule has 0 fully saturated rings. The van der Waals surface area contributed by atoms with Gasteiger partial charge in [0.15, 0.2) is 0 Å². The van der Waals surface area contributed by atoms with E-state index in [4.69, 9.17) is 14.2 Å². The molecule has 2 N–H and O–H groups in total. The van der Waals surface area contributed by atoms with E-state index < -0.39 is 47.3 Å². The number of hydrogen-bond acceptors (Lipinski definition) is 5. The number of halogens is 6. The highest BCUT2D eigenvalue weighted by Gasteiger charge is 2.35. The number of rotatable bonds is 8. The second-order valence-electron chi connectivity index (χ2n) is 9.22. The lowest BCUT2D eigenvalue weighted by Crippen LogP contribution is -2.20. The zero-order chi connectivity index (χ0) is 32.1. The number of amides is 2. The lowest BCUT2D eigenvalue weighted by atomic mass is 9.99. The Morgan fingerprint density at radius 2 is 1.25 bits per heavy atom. The number of nitrogens with one attached hydrogen (secondary N) is 2. The van der Waals surface area contributed by atoms with E-state index in [1.54, 1.807) is 30.3 Å². The van der Waals surface area contributed by atoms with Crippen LogP contribution in [-0.2, 0) is 17.1 Å². The molecule has 0 radical (unpaired) electrons. The van der Waals surface area contributed by atoms with Crippen LogP contribution in [0, 0.1) is 0 Å². The molecule has 0 aliphatic rings. The predicted molar refractivity (Wildman–Crippen MR) is 149 cm³/mol. The predicted octanol–water partition coefficient (Wildman–Crippen LogP) is 8.33. The van der Waals surface area contributed by atoms with Crippen LogP contribution < -0.4 is 20.1 Å². The number of carbonyl (C=O) groups is 2. The highest BCUT2D eigenvalue weighted by atomic mass is 19.4. The normalized spacial score (nSPS) is 12.2. The summed E-state index contributed by atoms with van der Waals surface area (Å²) in [6.45, 7) is 0. The molecule has 0 bridgehead atoms. The van der Waals surface area contributed by atoms with Gasteiger partial charge in [-0.3, -0.25) is 0 Å². The number of ether oxygens (including phenoxy) is 3. The highest BCUT2D eigenvalue weighted by molar-refractivity contribution is 6.01. The Morgan fingerprint density at radius 1 is 0.682 bits per heavy atom. The maximum Gasteiger partial charge on any atom is 0.420 e. The molecule has 44 heavy (non-hydrogen) atoms. The van der Waals surface area contributed by atoms with E-state index in [-0.39, 0.29) is 22.7 Å². The van der Waals surface area contributed by atoms with E-state index in [0.29, 0.717) is 17.2 Å². The van der Waals surface area contributed by atoms with Crippen molar-refractivity contribution in [3.8, 4) is 11.5 Å². The minimum Gasteiger partial charge on any atom is -0.496 e. The van der Waals surface area contributed by atoms with Gasteiger partial charge in [-0.25, -0.2) is 9.59 Å². The Balaban J connectivity index is 1.61. The summed E-state index contributed by atoms with van der Waals surface area (Å²) in [5, 5.41) is 4.72. The number of carbonyl (C=O) groups excluding carboxylic acids is 2. The van der Waals surface area contributed by atoms with Gasteiger partial charge in [-0.1, -0.05) is 42.5 Å². The van der Waals surface area contributed by atoms with Crippen LogP contribution in [0.1, 0.15) is 38.7 Å². The molecule has 4 rings (SSSR count). The van der Waals surface area contributed by atoms with Crippen molar-refractivity contribution in [3.05, 3.63) is 119 Å². The summed E-state index contributed by atoms with van der Waals surface area (Å²) in [5.74, 6) is -1.29. The molecule has 0 aliphatic carbocycles. The first-order valence-corrected chi connectivity index (χ1v) is 12.7. The van der Waals surface area contributed by atoms with Crippen LogP contribution in [0.5, 0.6) is 11.5 Å². The van der Waals surface area contributed by atoms with E-state index in [2.05, 4.69) is 10.6 Å². The van der Waals surface area contributed by atoms with E-state index in [9.17, 15) is 35.9 Å². The largest absolute Gasteiger partial charge is 0.496 e. The van der Waals surface area contributed by atoms with Crippen molar-refractivity contribution in [2.75, 3.05) is 24.9 Å². The number of anilines is 2. The number of hydrogen-bond donors (Lipinski definition) is 2. The Hall–Kier alpha value is -5.20. The van der Waals surface area contributed by atoms with Crippen molar-refractivity contribution in [1.82, 2.24) is 0 Å². The zero-order valence-corrected chi connectivity index (χ0v) is 23.0. The average Bonchev–Trinajstić information content (AvgIpc) is 2.99. The van der Waals surface area contributed by atoms with Gasteiger partial charge in [0.05, 0.1) is 25.3 Å². The molecule has 0 aliphatic heterocycles. The van der Waals surface area contributed by atoms with E-state index >= 15 is 0 Å². The quantitative estimate of drug-likeness (QED) is 0.153. The Bertz CT molecular complexity index is 1620. The van der Waals surface area contributed by atoms with Gasteiger partial charge >= 0.3 is 24.4 Å². The minimum atomic E-state index is -4.73. The van der Waals surface area contributed by atoms with Crippen molar-refractivity contribution in [2.45, 2.75) is 18.5 Å². The first-order valence-electron chi connectivity index (χ1n) is 12.7. The maximum absolute atomic E-state index is 13.4. The Kier molecular flexibility index (Phi) is 9.36. The van der Waals surface area contributed by atoms with Crippen LogP contribution in [0.2, 0.25) is 0 Å². The zero-order valence-electron chi connectivity index (χ0n) is 23.0. The maximum atomic E-state index is 13.4. The van der Waals surface area contributed by atoms with Crippen LogP contribution in [0.25, 0.3) is 0 Å². The number of methoxy groups -OCH3 is 2. The van der Waals surface area contributed by atoms with Gasteiger partial charge in [0.2, 0.25) is 0 Å². The fourth-order valence-corrected chi connectivity index (χ4v) is 4.21. The third-order valence-electron chi connectivity index (χ3n) is 6.29. The van der Waals surface area contributed by atoms with Gasteiger partial charge in [0.25, 0.3) is 0 Å². The summed E-state index contributed by atoms with van der Waals surface area (Å²) < 4.78 is 95.3. The van der Waals surface area contributed by atoms with Gasteiger partial charge in [0, 0.05) is 11.4 Å². The second-order valence-corrected chi connectivity index (χ2v) is 9.22. The molecule has 0 saturated heterocycles. The first kappa shape index (κ1) is 31.7. The molecule has 0 spiro atoms. The van der Waals surface area contributed by atoms with Crippen LogP contribution in [0.4, 0.5) is 42.5 Å². The van der Waals surface area contributed by atoms with Crippen molar-refractivity contribution in [1.29, 1.82) is 0 Å². The van der Waals surface area contributed by atoms with Gasteiger partial charge in [-0.15, -0.1) is 0 Å². The second kappa shape index (κ2) is 13.0. The molecule has 1 unspecified atom stereocenters. The van der Waals surface area contributed by atoms with Gasteiger partial charge in [-0.05, 0) is 59.7 Å². The summed E-state index contributed by atoms with van der Waals surface area (Å²) in [6, 6.07) is 18.9. The smallest absolute Gasteiger partial charge is 0.420 e. The fourth-order valence-electron chi connectivity index (χ4n) is 4.21. The SMILES string of the molecule is COC(=O)c1cc(NC(=O)Nc2ccc(OC)c(C(F)(F)F)c2)ccc1OC(c1ccccc1)c1ccc(C(F)(F)F)cc1. The van der Waals surface area contributed by atoms with Gasteiger partial charge in [-0.2, -0.15) is 26.3 Å². The fraction of sp³-hybridized carbons (Fsp3) is 0.161. The highest BCUT2D eigenvalue weighted by Crippen LogP contribution is 2.38. The number of alkyl halides is 6. The van der Waals surface area contributed by atoms with Crippen molar-refractivity contribution in [2.24, 2.45) is 0 Å². The third kappa shape index (κ3) is 7.60. The van der Waals surface area contributed by atoms with Crippen molar-refractivity contribution >= 4 is 23.4 Å². The lowest BCUT2D eigenvalue weighted by molar-refractivity contribution is -0.139. The van der Waals surface area contributed by atoms with Crippen LogP contribution >= 0.6 is 0 Å². The molecule has 13 heteroatoms. The standard InChI is InChI=1S/C31H24F6N2O5/c1-42-26-15-13-22(17-24(26)31(35,36)37)39-29(41)38-21-12-14-25(23(16-21)28(40)43-2)44-27(18-6-4-3-5-7-18)19-8-10-20(11-9-19)30(32,33)34/h3-17,27H,1-2H3,(H2,38,39,41). The minimum absolute atomic E-state index is 0.0125. The monoisotopic (exact) mass is 618 g/mol. The summed E-state index contributed by atoms with van der Waals surface area (Å²) in [4.78, 5) is 25.3. The molecule has 0 aromatic heterocycles. The number of benzene rings is 4. The van der Waals surface area contributed by atoms with E-state index in [0.717, 1.165) is 32.4 Å². The van der Waals surface area contributed by atoms with Crippen LogP contribution in [0.3, 0.4) is 0 Å². The molecule has 4 aromatic rings. The van der Waals surface area contributed by atoms with Gasteiger partial charge < -0.3 is 24.8 Å². The summed E-state index contributed by atoms with van der Waals surface area (Å²) >= 11 is 0. The summed E-state index contributed by atoms with van der Waals surface area (Å²) in [5.41, 5.74) is -1.25. The van der Waals surface area contributed by atoms with Crippen LogP contribution in [-0.4, -0.2) is 26.2 Å². The van der Waals surface area contributed by atoms with Crippen molar-refractivity contribution < 1.29 is 50.1 Å². The summed E-state index contributed by atoms with van der Waals surface area (Å²) in [7, 11) is 2.20. The molecular formula is C31H24F6N2O5. The number of urea groups is 1.